The van der Waals surface area contributed by atoms with Gasteiger partial charge in [-0.3, -0.25) is 9.59 Å². The van der Waals surface area contributed by atoms with Crippen molar-refractivity contribution in [1.82, 2.24) is 10.3 Å². The summed E-state index contributed by atoms with van der Waals surface area (Å²) in [6.45, 7) is 10.1. The van der Waals surface area contributed by atoms with E-state index in [1.807, 2.05) is 6.92 Å². The first kappa shape index (κ1) is 19.7. The number of oxazole rings is 1. The van der Waals surface area contributed by atoms with E-state index >= 15 is 0 Å². The molecular formula is C20H27N3O3. The Morgan fingerprint density at radius 3 is 2.58 bits per heavy atom. The van der Waals surface area contributed by atoms with Crippen LogP contribution in [0.2, 0.25) is 0 Å². The Balaban J connectivity index is 1.86. The van der Waals surface area contributed by atoms with Crippen molar-refractivity contribution in [1.29, 1.82) is 0 Å². The molecule has 0 atom stereocenters. The molecule has 6 nitrogen and oxygen atoms in total. The van der Waals surface area contributed by atoms with Gasteiger partial charge in [0.2, 0.25) is 5.91 Å². The van der Waals surface area contributed by atoms with Crippen LogP contribution in [0.3, 0.4) is 0 Å². The molecule has 26 heavy (non-hydrogen) atoms. The van der Waals surface area contributed by atoms with Gasteiger partial charge >= 0.3 is 0 Å². The largest absolute Gasteiger partial charge is 0.445 e. The minimum Gasteiger partial charge on any atom is -0.445 e. The van der Waals surface area contributed by atoms with Gasteiger partial charge in [0.1, 0.15) is 5.76 Å². The number of carbonyl (C=O) groups is 2. The molecule has 2 N–H and O–H groups in total. The van der Waals surface area contributed by atoms with Crippen LogP contribution in [-0.4, -0.2) is 23.3 Å². The van der Waals surface area contributed by atoms with Crippen LogP contribution in [-0.2, 0) is 16.6 Å². The molecule has 0 unspecified atom stereocenters. The van der Waals surface area contributed by atoms with Crippen LogP contribution in [0.25, 0.3) is 0 Å². The molecule has 2 rings (SSSR count). The van der Waals surface area contributed by atoms with Gasteiger partial charge in [-0.2, -0.15) is 0 Å². The first-order valence-corrected chi connectivity index (χ1v) is 8.79. The molecule has 0 radical (unpaired) electrons. The first-order chi connectivity index (χ1) is 12.2. The summed E-state index contributed by atoms with van der Waals surface area (Å²) in [5.41, 5.74) is 1.92. The predicted molar refractivity (Wildman–Crippen MR) is 101 cm³/mol. The van der Waals surface area contributed by atoms with Crippen molar-refractivity contribution in [2.45, 2.75) is 52.9 Å². The number of rotatable bonds is 6. The zero-order chi connectivity index (χ0) is 19.3. The molecule has 1 heterocycles. The first-order valence-electron chi connectivity index (χ1n) is 8.79. The highest BCUT2D eigenvalue weighted by atomic mass is 16.4. The lowest BCUT2D eigenvalue weighted by atomic mass is 9.97. The molecule has 0 aliphatic carbocycles. The molecule has 0 fully saturated rings. The monoisotopic (exact) mass is 357 g/mol. The summed E-state index contributed by atoms with van der Waals surface area (Å²) in [6.07, 6.45) is 1.48. The number of carbonyl (C=O) groups excluding carboxylic acids is 2. The molecule has 0 spiro atoms. The standard InChI is InChI=1S/C20H27N3O3/c1-13-17(26-19(22-13)20(3,4)5)10-7-11-21-18(25)15-8-6-9-16(12-15)23-14(2)24/h6,8-9,12H,7,10-11H2,1-5H3,(H,21,25)(H,23,24). The van der Waals surface area contributed by atoms with Gasteiger partial charge in [-0.15, -0.1) is 0 Å². The molecule has 0 bridgehead atoms. The summed E-state index contributed by atoms with van der Waals surface area (Å²) >= 11 is 0. The van der Waals surface area contributed by atoms with Crippen molar-refractivity contribution < 1.29 is 14.0 Å². The quantitative estimate of drug-likeness (QED) is 0.774. The number of hydrogen-bond acceptors (Lipinski definition) is 4. The third-order valence-electron chi connectivity index (χ3n) is 3.85. The second-order valence-corrected chi connectivity index (χ2v) is 7.40. The average molecular weight is 357 g/mol. The number of amides is 2. The van der Waals surface area contributed by atoms with Crippen LogP contribution in [0.5, 0.6) is 0 Å². The Bertz CT molecular complexity index is 788. The fraction of sp³-hybridized carbons (Fsp3) is 0.450. The molecule has 0 aliphatic heterocycles. The molecule has 140 valence electrons. The SMILES string of the molecule is CC(=O)Nc1cccc(C(=O)NCCCc2oc(C(C)(C)C)nc2C)c1. The summed E-state index contributed by atoms with van der Waals surface area (Å²) in [6, 6.07) is 6.87. The van der Waals surface area contributed by atoms with E-state index < -0.39 is 0 Å². The summed E-state index contributed by atoms with van der Waals surface area (Å²) in [7, 11) is 0. The molecule has 2 aromatic rings. The van der Waals surface area contributed by atoms with Crippen LogP contribution in [0, 0.1) is 6.92 Å². The van der Waals surface area contributed by atoms with Crippen LogP contribution in [0.15, 0.2) is 28.7 Å². The maximum atomic E-state index is 12.2. The van der Waals surface area contributed by atoms with E-state index in [9.17, 15) is 9.59 Å². The normalized spacial score (nSPS) is 11.3. The number of nitrogens with zero attached hydrogens (tertiary/aromatic N) is 1. The highest BCUT2D eigenvalue weighted by Crippen LogP contribution is 2.24. The maximum Gasteiger partial charge on any atom is 0.251 e. The van der Waals surface area contributed by atoms with E-state index in [0.717, 1.165) is 30.2 Å². The number of hydrogen-bond donors (Lipinski definition) is 2. The van der Waals surface area contributed by atoms with Crippen molar-refractivity contribution in [3.8, 4) is 0 Å². The van der Waals surface area contributed by atoms with Gasteiger partial charge in [-0.1, -0.05) is 26.8 Å². The van der Waals surface area contributed by atoms with Crippen molar-refractivity contribution in [2.24, 2.45) is 0 Å². The summed E-state index contributed by atoms with van der Waals surface area (Å²) < 4.78 is 5.86. The molecule has 6 heteroatoms. The summed E-state index contributed by atoms with van der Waals surface area (Å²) in [5.74, 6) is 1.28. The van der Waals surface area contributed by atoms with Crippen molar-refractivity contribution in [3.63, 3.8) is 0 Å². The van der Waals surface area contributed by atoms with Gasteiger partial charge in [0.15, 0.2) is 5.89 Å². The fourth-order valence-electron chi connectivity index (χ4n) is 2.48. The van der Waals surface area contributed by atoms with Crippen LogP contribution >= 0.6 is 0 Å². The number of benzene rings is 1. The fourth-order valence-corrected chi connectivity index (χ4v) is 2.48. The molecule has 0 saturated heterocycles. The molecule has 0 aliphatic rings. The Morgan fingerprint density at radius 1 is 1.23 bits per heavy atom. The lowest BCUT2D eigenvalue weighted by Crippen LogP contribution is -2.25. The van der Waals surface area contributed by atoms with Gasteiger partial charge in [0.25, 0.3) is 5.91 Å². The molecule has 1 aromatic carbocycles. The van der Waals surface area contributed by atoms with Crippen LogP contribution < -0.4 is 10.6 Å². The Morgan fingerprint density at radius 2 is 1.96 bits per heavy atom. The second kappa shape index (κ2) is 8.17. The zero-order valence-electron chi connectivity index (χ0n) is 16.1. The summed E-state index contributed by atoms with van der Waals surface area (Å²) in [4.78, 5) is 27.8. The van der Waals surface area contributed by atoms with Gasteiger partial charge in [-0.05, 0) is 31.5 Å². The van der Waals surface area contributed by atoms with E-state index in [1.54, 1.807) is 24.3 Å². The van der Waals surface area contributed by atoms with Crippen molar-refractivity contribution >= 4 is 17.5 Å². The number of aryl methyl sites for hydroxylation is 2. The topological polar surface area (TPSA) is 84.2 Å². The molecule has 0 saturated carbocycles. The van der Waals surface area contributed by atoms with E-state index in [2.05, 4.69) is 36.4 Å². The van der Waals surface area contributed by atoms with E-state index in [1.165, 1.54) is 6.92 Å². The number of anilines is 1. The van der Waals surface area contributed by atoms with E-state index in [0.29, 0.717) is 17.8 Å². The van der Waals surface area contributed by atoms with E-state index in [4.69, 9.17) is 4.42 Å². The van der Waals surface area contributed by atoms with Crippen molar-refractivity contribution in [2.75, 3.05) is 11.9 Å². The Labute approximate surface area is 154 Å². The summed E-state index contributed by atoms with van der Waals surface area (Å²) in [5, 5.41) is 5.56. The number of nitrogens with one attached hydrogen (secondary N) is 2. The van der Waals surface area contributed by atoms with Gasteiger partial charge in [-0.25, -0.2) is 4.98 Å². The number of aromatic nitrogens is 1. The van der Waals surface area contributed by atoms with E-state index in [-0.39, 0.29) is 17.2 Å². The van der Waals surface area contributed by atoms with Crippen molar-refractivity contribution in [3.05, 3.63) is 47.2 Å². The van der Waals surface area contributed by atoms with Crippen LogP contribution in [0.4, 0.5) is 5.69 Å². The highest BCUT2D eigenvalue weighted by Gasteiger charge is 2.22. The van der Waals surface area contributed by atoms with Gasteiger partial charge < -0.3 is 15.1 Å². The highest BCUT2D eigenvalue weighted by molar-refractivity contribution is 5.96. The third kappa shape index (κ3) is 5.44. The Kier molecular flexibility index (Phi) is 6.18. The van der Waals surface area contributed by atoms with Gasteiger partial charge in [0.05, 0.1) is 5.69 Å². The smallest absolute Gasteiger partial charge is 0.251 e. The zero-order valence-corrected chi connectivity index (χ0v) is 16.1. The van der Waals surface area contributed by atoms with Crippen LogP contribution in [0.1, 0.15) is 61.8 Å². The molecular weight excluding hydrogens is 330 g/mol. The second-order valence-electron chi connectivity index (χ2n) is 7.40. The van der Waals surface area contributed by atoms with Gasteiger partial charge in [0, 0.05) is 36.6 Å². The average Bonchev–Trinajstić information content (AvgIpc) is 2.92. The predicted octanol–water partition coefficient (Wildman–Crippen LogP) is 3.60. The minimum atomic E-state index is -0.167. The molecule has 2 amide bonds. The lowest BCUT2D eigenvalue weighted by molar-refractivity contribution is -0.114. The minimum absolute atomic E-state index is 0.115. The molecule has 1 aromatic heterocycles. The third-order valence-corrected chi connectivity index (χ3v) is 3.85. The maximum absolute atomic E-state index is 12.2. The lowest BCUT2D eigenvalue weighted by Gasteiger charge is -2.12. The Hall–Kier alpha value is -2.63.